The SMILES string of the molecule is CCS(=O)(=O)N1Cc2ccccc2C[C@@H]1C(=O)Nc1nc(-c2ccc(C)o2)cs1. The fourth-order valence-corrected chi connectivity index (χ4v) is 5.31. The average molecular weight is 432 g/mol. The molecule has 1 aliphatic heterocycles. The van der Waals surface area contributed by atoms with E-state index in [0.29, 0.717) is 23.0 Å². The molecule has 4 rings (SSSR count). The van der Waals surface area contributed by atoms with Crippen LogP contribution in [0.5, 0.6) is 0 Å². The van der Waals surface area contributed by atoms with Crippen molar-refractivity contribution in [2.45, 2.75) is 32.9 Å². The van der Waals surface area contributed by atoms with E-state index in [-0.39, 0.29) is 18.2 Å². The highest BCUT2D eigenvalue weighted by molar-refractivity contribution is 7.89. The Kier molecular flexibility index (Phi) is 5.28. The van der Waals surface area contributed by atoms with Gasteiger partial charge in [-0.2, -0.15) is 4.31 Å². The Balaban J connectivity index is 1.58. The summed E-state index contributed by atoms with van der Waals surface area (Å²) in [4.78, 5) is 17.4. The Hall–Kier alpha value is -2.49. The van der Waals surface area contributed by atoms with Gasteiger partial charge in [0, 0.05) is 11.9 Å². The van der Waals surface area contributed by atoms with Crippen LogP contribution < -0.4 is 5.32 Å². The summed E-state index contributed by atoms with van der Waals surface area (Å²) in [5.41, 5.74) is 2.55. The van der Waals surface area contributed by atoms with Gasteiger partial charge in [0.05, 0.1) is 5.75 Å². The number of furan rings is 1. The molecule has 0 aliphatic carbocycles. The number of aromatic nitrogens is 1. The van der Waals surface area contributed by atoms with Gasteiger partial charge in [-0.25, -0.2) is 13.4 Å². The van der Waals surface area contributed by atoms with Gasteiger partial charge in [0.1, 0.15) is 17.5 Å². The van der Waals surface area contributed by atoms with Gasteiger partial charge >= 0.3 is 0 Å². The maximum atomic E-state index is 13.0. The van der Waals surface area contributed by atoms with Crippen LogP contribution in [0.4, 0.5) is 5.13 Å². The summed E-state index contributed by atoms with van der Waals surface area (Å²) >= 11 is 1.28. The number of rotatable bonds is 5. The van der Waals surface area contributed by atoms with Gasteiger partial charge in [-0.05, 0) is 43.5 Å². The second kappa shape index (κ2) is 7.74. The predicted molar refractivity (Wildman–Crippen MR) is 112 cm³/mol. The number of aryl methyl sites for hydroxylation is 1. The summed E-state index contributed by atoms with van der Waals surface area (Å²) in [6.07, 6.45) is 0.330. The number of fused-ring (bicyclic) bond motifs is 1. The summed E-state index contributed by atoms with van der Waals surface area (Å²) < 4.78 is 32.2. The van der Waals surface area contributed by atoms with Crippen molar-refractivity contribution in [3.05, 3.63) is 58.7 Å². The van der Waals surface area contributed by atoms with E-state index >= 15 is 0 Å². The predicted octanol–water partition coefficient (Wildman–Crippen LogP) is 3.43. The largest absolute Gasteiger partial charge is 0.460 e. The van der Waals surface area contributed by atoms with Crippen LogP contribution in [-0.4, -0.2) is 35.4 Å². The third-order valence-electron chi connectivity index (χ3n) is 4.96. The number of amides is 1. The number of anilines is 1. The van der Waals surface area contributed by atoms with Crippen LogP contribution in [0.3, 0.4) is 0 Å². The maximum Gasteiger partial charge on any atom is 0.244 e. The highest BCUT2D eigenvalue weighted by Gasteiger charge is 2.38. The van der Waals surface area contributed by atoms with Crippen LogP contribution in [-0.2, 0) is 27.8 Å². The molecule has 0 spiro atoms. The summed E-state index contributed by atoms with van der Waals surface area (Å²) in [5, 5.41) is 4.99. The van der Waals surface area contributed by atoms with E-state index < -0.39 is 16.1 Å². The molecule has 0 fully saturated rings. The Morgan fingerprint density at radius 3 is 2.72 bits per heavy atom. The number of hydrogen-bond donors (Lipinski definition) is 1. The zero-order chi connectivity index (χ0) is 20.6. The minimum atomic E-state index is -3.54. The summed E-state index contributed by atoms with van der Waals surface area (Å²) in [7, 11) is -3.54. The van der Waals surface area contributed by atoms with Crippen molar-refractivity contribution in [2.75, 3.05) is 11.1 Å². The van der Waals surface area contributed by atoms with Crippen molar-refractivity contribution in [1.29, 1.82) is 0 Å². The smallest absolute Gasteiger partial charge is 0.244 e. The first kappa shape index (κ1) is 19.8. The van der Waals surface area contributed by atoms with Crippen LogP contribution in [0.25, 0.3) is 11.5 Å². The van der Waals surface area contributed by atoms with Crippen molar-refractivity contribution in [3.63, 3.8) is 0 Å². The molecule has 152 valence electrons. The third kappa shape index (κ3) is 3.98. The number of hydrogen-bond acceptors (Lipinski definition) is 6. The van der Waals surface area contributed by atoms with Gasteiger partial charge in [0.15, 0.2) is 10.9 Å². The highest BCUT2D eigenvalue weighted by Crippen LogP contribution is 2.29. The molecule has 29 heavy (non-hydrogen) atoms. The zero-order valence-electron chi connectivity index (χ0n) is 16.1. The Labute approximate surface area is 173 Å². The molecule has 1 aliphatic rings. The van der Waals surface area contributed by atoms with Crippen molar-refractivity contribution in [3.8, 4) is 11.5 Å². The van der Waals surface area contributed by atoms with Crippen molar-refractivity contribution in [2.24, 2.45) is 0 Å². The topological polar surface area (TPSA) is 92.5 Å². The molecular weight excluding hydrogens is 410 g/mol. The number of carbonyl (C=O) groups is 1. The molecule has 1 N–H and O–H groups in total. The van der Waals surface area contributed by atoms with Crippen LogP contribution in [0.2, 0.25) is 0 Å². The van der Waals surface area contributed by atoms with E-state index in [9.17, 15) is 13.2 Å². The van der Waals surface area contributed by atoms with Gasteiger partial charge in [0.25, 0.3) is 0 Å². The molecule has 0 unspecified atom stereocenters. The molecule has 0 saturated carbocycles. The van der Waals surface area contributed by atoms with Crippen molar-refractivity contribution >= 4 is 32.4 Å². The number of thiazole rings is 1. The van der Waals surface area contributed by atoms with Gasteiger partial charge in [-0.1, -0.05) is 24.3 Å². The number of benzene rings is 1. The molecule has 1 aromatic carbocycles. The first-order valence-electron chi connectivity index (χ1n) is 9.27. The van der Waals surface area contributed by atoms with E-state index in [1.54, 1.807) is 12.3 Å². The Bertz CT molecular complexity index is 1150. The fourth-order valence-electron chi connectivity index (χ4n) is 3.39. The molecule has 0 saturated heterocycles. The van der Waals surface area contributed by atoms with Crippen LogP contribution in [0.1, 0.15) is 23.8 Å². The minimum absolute atomic E-state index is 0.0573. The molecule has 0 bridgehead atoms. The molecule has 3 aromatic rings. The quantitative estimate of drug-likeness (QED) is 0.668. The van der Waals surface area contributed by atoms with Crippen molar-refractivity contribution < 1.29 is 17.6 Å². The standard InChI is InChI=1S/C20H21N3O4S2/c1-3-29(25,26)23-11-15-7-5-4-6-14(15)10-17(23)19(24)22-20-21-16(12-28-20)18-9-8-13(2)27-18/h4-9,12,17H,3,10-11H2,1-2H3,(H,21,22,24)/t17-/m1/s1. The Morgan fingerprint density at radius 2 is 2.03 bits per heavy atom. The first-order chi connectivity index (χ1) is 13.9. The zero-order valence-corrected chi connectivity index (χ0v) is 17.7. The lowest BCUT2D eigenvalue weighted by Gasteiger charge is -2.34. The molecule has 7 nitrogen and oxygen atoms in total. The maximum absolute atomic E-state index is 13.0. The molecule has 2 aromatic heterocycles. The third-order valence-corrected chi connectivity index (χ3v) is 7.54. The lowest BCUT2D eigenvalue weighted by Crippen LogP contribution is -2.51. The van der Waals surface area contributed by atoms with Gasteiger partial charge < -0.3 is 9.73 Å². The van der Waals surface area contributed by atoms with Crippen LogP contribution >= 0.6 is 11.3 Å². The van der Waals surface area contributed by atoms with E-state index in [0.717, 1.165) is 16.9 Å². The average Bonchev–Trinajstić information content (AvgIpc) is 3.35. The number of nitrogens with one attached hydrogen (secondary N) is 1. The summed E-state index contributed by atoms with van der Waals surface area (Å²) in [5.74, 6) is 0.965. The van der Waals surface area contributed by atoms with Gasteiger partial charge in [-0.3, -0.25) is 4.79 Å². The molecule has 0 radical (unpaired) electrons. The van der Waals surface area contributed by atoms with Crippen LogP contribution in [0.15, 0.2) is 46.2 Å². The highest BCUT2D eigenvalue weighted by atomic mass is 32.2. The molecule has 3 heterocycles. The van der Waals surface area contributed by atoms with Gasteiger partial charge in [0.2, 0.25) is 15.9 Å². The van der Waals surface area contributed by atoms with Gasteiger partial charge in [-0.15, -0.1) is 11.3 Å². The minimum Gasteiger partial charge on any atom is -0.460 e. The Morgan fingerprint density at radius 1 is 1.28 bits per heavy atom. The molecule has 9 heteroatoms. The lowest BCUT2D eigenvalue weighted by atomic mass is 9.95. The summed E-state index contributed by atoms with van der Waals surface area (Å²) in [6.45, 7) is 3.63. The number of carbonyl (C=O) groups excluding carboxylic acids is 1. The van der Waals surface area contributed by atoms with Crippen molar-refractivity contribution in [1.82, 2.24) is 9.29 Å². The monoisotopic (exact) mass is 431 g/mol. The molecular formula is C20H21N3O4S2. The van der Waals surface area contributed by atoms with E-state index in [4.69, 9.17) is 4.42 Å². The number of nitrogens with zero attached hydrogens (tertiary/aromatic N) is 2. The van der Waals surface area contributed by atoms with Crippen LogP contribution in [0, 0.1) is 6.92 Å². The second-order valence-electron chi connectivity index (χ2n) is 6.87. The summed E-state index contributed by atoms with van der Waals surface area (Å²) in [6, 6.07) is 10.5. The fraction of sp³-hybridized carbons (Fsp3) is 0.300. The van der Waals surface area contributed by atoms with E-state index in [2.05, 4.69) is 10.3 Å². The number of sulfonamides is 1. The second-order valence-corrected chi connectivity index (χ2v) is 9.94. The first-order valence-corrected chi connectivity index (χ1v) is 11.8. The van der Waals surface area contributed by atoms with E-state index in [1.165, 1.54) is 15.6 Å². The normalized spacial score (nSPS) is 17.1. The molecule has 1 atom stereocenters. The van der Waals surface area contributed by atoms with E-state index in [1.807, 2.05) is 43.3 Å². The molecule has 1 amide bonds. The lowest BCUT2D eigenvalue weighted by molar-refractivity contribution is -0.120.